The molecule has 0 unspecified atom stereocenters. The van der Waals surface area contributed by atoms with E-state index in [1.807, 2.05) is 25.1 Å². The molecule has 0 atom stereocenters. The fraction of sp³-hybridized carbons (Fsp3) is 0.525. The summed E-state index contributed by atoms with van der Waals surface area (Å²) in [6.07, 6.45) is 9.96. The van der Waals surface area contributed by atoms with E-state index in [0.29, 0.717) is 39.3 Å². The standard InChI is InChI=1S/C16H25NO8S2.C15H24N2O7S2.C14H20N2O6S2.C14H21NO7S2/c1-5-23-16(18)15-7-6-14(12-13(15)2)17(8-10-24-26(3,19)20)9-11-25-27(4,21)22;1-13-11-15(6-5-14(13)12-16-22-2)17(7-9-23-25(3,18)19)8-10-24-26(4,20)21;1-12-10-14(5-4-13(12)11-15)16(6-8-21-23(2,17)18)7-9-22-24(3,19)20;1-12-10-14(5-4-13(12)11-16)15(6-8-21-23(2,17)18)7-9-22-24(3,19)20/h6-7,12H,5,8-11H2,1-4H3;5-6,11-12H,7-10H2,1-4H3;4-5,10H,6-9H2,1-3H3;4-5,10-11H,6-9H2,1-3H3/b;16-12-;;. The zero-order chi connectivity index (χ0) is 77.2. The Balaban J connectivity index is 0.000000674. The van der Waals surface area contributed by atoms with Crippen molar-refractivity contribution in [2.75, 3.05) is 189 Å². The SMILES string of the molecule is CCOC(=O)c1ccc(N(CCOS(C)(=O)=O)CCOS(C)(=O)=O)cc1C.CO/N=C\c1ccc(N(CCOS(C)(=O)=O)CCOS(C)(=O)=O)cc1C.Cc1cc(N(CCOS(C)(=O)=O)CCOS(C)(=O)=O)ccc1C#N.Cc1cc(N(CCOS(C)(=O)=O)CCOS(C)(=O)=O)ccc1C=O. The second-order valence-corrected chi connectivity index (χ2v) is 34.8. The normalized spacial score (nSPS) is 12.1. The molecule has 0 fully saturated rings. The lowest BCUT2D eigenvalue weighted by Crippen LogP contribution is -2.32. The summed E-state index contributed by atoms with van der Waals surface area (Å²) in [4.78, 5) is 34.4. The first-order valence-electron chi connectivity index (χ1n) is 29.7. The van der Waals surface area contributed by atoms with Crippen LogP contribution in [0.3, 0.4) is 0 Å². The van der Waals surface area contributed by atoms with Gasteiger partial charge in [-0.1, -0.05) is 11.2 Å². The largest absolute Gasteiger partial charge is 0.462 e. The van der Waals surface area contributed by atoms with Gasteiger partial charge in [0.05, 0.1) is 133 Å². The number of esters is 1. The lowest BCUT2D eigenvalue weighted by molar-refractivity contribution is 0.0525. The molecule has 0 aliphatic heterocycles. The Bertz CT molecular complexity index is 4210. The second kappa shape index (κ2) is 43.5. The van der Waals surface area contributed by atoms with E-state index in [1.54, 1.807) is 108 Å². The van der Waals surface area contributed by atoms with Crippen molar-refractivity contribution in [3.63, 3.8) is 0 Å². The average Bonchev–Trinajstić information content (AvgIpc) is 0.857. The highest BCUT2D eigenvalue weighted by Gasteiger charge is 2.19. The molecule has 0 N–H and O–H groups in total. The van der Waals surface area contributed by atoms with Gasteiger partial charge < -0.3 is 29.2 Å². The summed E-state index contributed by atoms with van der Waals surface area (Å²) in [5.41, 5.74) is 8.28. The maximum absolute atomic E-state index is 11.9. The predicted molar refractivity (Wildman–Crippen MR) is 381 cm³/mol. The van der Waals surface area contributed by atoms with Crippen molar-refractivity contribution in [2.24, 2.45) is 5.16 Å². The van der Waals surface area contributed by atoms with Crippen molar-refractivity contribution in [3.05, 3.63) is 117 Å². The molecule has 0 radical (unpaired) electrons. The molecule has 42 heteroatoms. The Hall–Kier alpha value is -6.54. The molecule has 4 rings (SSSR count). The Morgan fingerprint density at radius 2 is 0.663 bits per heavy atom. The minimum absolute atomic E-state index is 0.0658. The predicted octanol–water partition coefficient (Wildman–Crippen LogP) is 2.86. The molecule has 0 aliphatic carbocycles. The topological polar surface area (TPSA) is 449 Å². The van der Waals surface area contributed by atoms with Gasteiger partial charge in [-0.3, -0.25) is 38.3 Å². The van der Waals surface area contributed by atoms with E-state index >= 15 is 0 Å². The van der Waals surface area contributed by atoms with E-state index in [-0.39, 0.29) is 112 Å². The number of nitrogens with zero attached hydrogens (tertiary/aromatic N) is 6. The molecule has 34 nitrogen and oxygen atoms in total. The van der Waals surface area contributed by atoms with Crippen molar-refractivity contribution >= 4 is 122 Å². The maximum Gasteiger partial charge on any atom is 0.338 e. The third-order valence-corrected chi connectivity index (χ3v) is 17.5. The van der Waals surface area contributed by atoms with Gasteiger partial charge in [-0.25, -0.2) is 4.79 Å². The van der Waals surface area contributed by atoms with Crippen molar-refractivity contribution < 1.29 is 120 Å². The van der Waals surface area contributed by atoms with Crippen LogP contribution in [-0.2, 0) is 124 Å². The third-order valence-electron chi connectivity index (χ3n) is 12.7. The Morgan fingerprint density at radius 3 is 0.891 bits per heavy atom. The molecule has 0 aliphatic rings. The van der Waals surface area contributed by atoms with Crippen LogP contribution in [0.5, 0.6) is 0 Å². The first-order chi connectivity index (χ1) is 46.5. The van der Waals surface area contributed by atoms with E-state index in [0.717, 1.165) is 84.3 Å². The van der Waals surface area contributed by atoms with Gasteiger partial charge in [0.15, 0.2) is 0 Å². The van der Waals surface area contributed by atoms with Crippen molar-refractivity contribution in [1.29, 1.82) is 5.26 Å². The fourth-order valence-corrected chi connectivity index (χ4v) is 11.2. The summed E-state index contributed by atoms with van der Waals surface area (Å²) in [5, 5.41) is 12.7. The van der Waals surface area contributed by atoms with Crippen LogP contribution in [0.1, 0.15) is 61.0 Å². The zero-order valence-electron chi connectivity index (χ0n) is 58.5. The smallest absolute Gasteiger partial charge is 0.338 e. The van der Waals surface area contributed by atoms with Crippen LogP contribution in [0.4, 0.5) is 22.7 Å². The van der Waals surface area contributed by atoms with E-state index in [4.69, 9.17) is 43.5 Å². The third kappa shape index (κ3) is 44.6. The minimum Gasteiger partial charge on any atom is -0.462 e. The number of anilines is 4. The van der Waals surface area contributed by atoms with Gasteiger partial charge in [0.2, 0.25) is 0 Å². The van der Waals surface area contributed by atoms with Gasteiger partial charge in [0.1, 0.15) is 13.4 Å². The molecule has 4 aromatic rings. The molecule has 572 valence electrons. The number of carbonyl (C=O) groups excluding carboxylic acids is 2. The highest BCUT2D eigenvalue weighted by Crippen LogP contribution is 2.24. The molecular formula is C59H90N6O28S8. The molecule has 0 aromatic heterocycles. The Morgan fingerprint density at radius 1 is 0.406 bits per heavy atom. The molecule has 0 spiro atoms. The molecule has 0 amide bonds. The maximum atomic E-state index is 11.9. The minimum atomic E-state index is -3.59. The number of hydrogen-bond donors (Lipinski definition) is 0. The van der Waals surface area contributed by atoms with Crippen molar-refractivity contribution in [2.45, 2.75) is 34.6 Å². The van der Waals surface area contributed by atoms with Crippen LogP contribution in [0.15, 0.2) is 78.0 Å². The number of ether oxygens (including phenoxy) is 1. The second-order valence-electron chi connectivity index (χ2n) is 21.6. The lowest BCUT2D eigenvalue weighted by atomic mass is 10.1. The number of oxime groups is 1. The van der Waals surface area contributed by atoms with E-state index < -0.39 is 86.9 Å². The van der Waals surface area contributed by atoms with Gasteiger partial charge in [-0.2, -0.15) is 72.6 Å². The molecular weight excluding hydrogens is 1500 g/mol. The van der Waals surface area contributed by atoms with Crippen molar-refractivity contribution in [1.82, 2.24) is 0 Å². The first-order valence-corrected chi connectivity index (χ1v) is 44.3. The van der Waals surface area contributed by atoms with Crippen LogP contribution in [0.2, 0.25) is 0 Å². The number of rotatable bonds is 41. The summed E-state index contributed by atoms with van der Waals surface area (Å²) >= 11 is 0. The molecule has 101 heavy (non-hydrogen) atoms. The van der Waals surface area contributed by atoms with Gasteiger partial charge >= 0.3 is 5.97 Å². The van der Waals surface area contributed by atoms with Crippen LogP contribution < -0.4 is 19.6 Å². The molecule has 0 saturated heterocycles. The number of aryl methyl sites for hydroxylation is 4. The van der Waals surface area contributed by atoms with Gasteiger partial charge in [0, 0.05) is 80.7 Å². The molecule has 0 bridgehead atoms. The number of carbonyl (C=O) groups is 2. The van der Waals surface area contributed by atoms with E-state index in [2.05, 4.69) is 16.1 Å². The monoisotopic (exact) mass is 1590 g/mol. The van der Waals surface area contributed by atoms with E-state index in [9.17, 15) is 76.9 Å². The number of benzene rings is 4. The number of hydrogen-bond acceptors (Lipinski definition) is 34. The van der Waals surface area contributed by atoms with Crippen LogP contribution in [-0.4, -0.2) is 255 Å². The quantitative estimate of drug-likeness (QED) is 0.0203. The fourth-order valence-electron chi connectivity index (χ4n) is 8.22. The Labute approximate surface area is 595 Å². The number of aldehydes is 1. The van der Waals surface area contributed by atoms with E-state index in [1.165, 1.54) is 7.11 Å². The lowest BCUT2D eigenvalue weighted by Gasteiger charge is -2.25. The molecule has 4 aromatic carbocycles. The van der Waals surface area contributed by atoms with Gasteiger partial charge in [0.25, 0.3) is 80.9 Å². The van der Waals surface area contributed by atoms with Gasteiger partial charge in [-0.05, 0) is 129 Å². The Kier molecular flexibility index (Phi) is 39.9. The van der Waals surface area contributed by atoms with Crippen LogP contribution in [0.25, 0.3) is 0 Å². The molecule has 0 heterocycles. The zero-order valence-corrected chi connectivity index (χ0v) is 65.0. The van der Waals surface area contributed by atoms with Gasteiger partial charge in [-0.15, -0.1) is 0 Å². The summed E-state index contributed by atoms with van der Waals surface area (Å²) in [6, 6.07) is 22.8. The summed E-state index contributed by atoms with van der Waals surface area (Å²) in [5.74, 6) is -0.436. The number of nitriles is 1. The highest BCUT2D eigenvalue weighted by molar-refractivity contribution is 7.87. The summed E-state index contributed by atoms with van der Waals surface area (Å²) in [6.45, 7) is 10.1. The summed E-state index contributed by atoms with van der Waals surface area (Å²) in [7, 11) is -27.1. The molecule has 0 saturated carbocycles. The first kappa shape index (κ1) is 92.5. The highest BCUT2D eigenvalue weighted by atomic mass is 32.2. The van der Waals surface area contributed by atoms with Crippen molar-refractivity contribution in [3.8, 4) is 6.07 Å². The van der Waals surface area contributed by atoms with Crippen LogP contribution in [0, 0.1) is 39.0 Å². The summed E-state index contributed by atoms with van der Waals surface area (Å²) < 4.78 is 220. The van der Waals surface area contributed by atoms with Crippen LogP contribution >= 0.6 is 0 Å². The average molecular weight is 1590 g/mol.